The molecule has 1 aliphatic carbocycles. The van der Waals surface area contributed by atoms with Gasteiger partial charge in [-0.3, -0.25) is 0 Å². The fourth-order valence-corrected chi connectivity index (χ4v) is 3.07. The highest BCUT2D eigenvalue weighted by Gasteiger charge is 2.27. The highest BCUT2D eigenvalue weighted by Crippen LogP contribution is 2.33. The molecule has 0 bridgehead atoms. The molecule has 0 aliphatic heterocycles. The van der Waals surface area contributed by atoms with Gasteiger partial charge in [0.2, 0.25) is 0 Å². The van der Waals surface area contributed by atoms with Crippen molar-refractivity contribution in [3.8, 4) is 0 Å². The second-order valence-electron chi connectivity index (χ2n) is 5.88. The summed E-state index contributed by atoms with van der Waals surface area (Å²) < 4.78 is 0. The first-order valence-corrected chi connectivity index (χ1v) is 7.49. The molecule has 2 unspecified atom stereocenters. The molecule has 1 rings (SSSR count). The van der Waals surface area contributed by atoms with E-state index in [9.17, 15) is 0 Å². The molecule has 1 heteroatoms. The first-order valence-electron chi connectivity index (χ1n) is 7.49. The van der Waals surface area contributed by atoms with Gasteiger partial charge >= 0.3 is 0 Å². The first kappa shape index (κ1) is 14.0. The normalized spacial score (nSPS) is 31.3. The highest BCUT2D eigenvalue weighted by atomic mass is 14.7. The van der Waals surface area contributed by atoms with Crippen LogP contribution in [0.1, 0.15) is 84.5 Å². The number of hydrogen-bond donors (Lipinski definition) is 1. The van der Waals surface area contributed by atoms with Gasteiger partial charge in [0, 0.05) is 5.54 Å². The van der Waals surface area contributed by atoms with Crippen LogP contribution in [0.5, 0.6) is 0 Å². The molecule has 96 valence electrons. The molecule has 0 radical (unpaired) electrons. The van der Waals surface area contributed by atoms with Gasteiger partial charge in [0.1, 0.15) is 0 Å². The smallest absolute Gasteiger partial charge is 0.0154 e. The zero-order valence-corrected chi connectivity index (χ0v) is 11.4. The van der Waals surface area contributed by atoms with Crippen LogP contribution in [0.2, 0.25) is 0 Å². The van der Waals surface area contributed by atoms with Crippen LogP contribution in [0.4, 0.5) is 0 Å². The lowest BCUT2D eigenvalue weighted by molar-refractivity contribution is 0.325. The van der Waals surface area contributed by atoms with E-state index in [4.69, 9.17) is 5.73 Å². The average Bonchev–Trinajstić information content (AvgIpc) is 2.47. The average molecular weight is 225 g/mol. The Balaban J connectivity index is 2.26. The molecule has 0 aromatic carbocycles. The molecule has 0 heterocycles. The van der Waals surface area contributed by atoms with Gasteiger partial charge in [-0.2, -0.15) is 0 Å². The molecular formula is C15H31N. The number of hydrogen-bond acceptors (Lipinski definition) is 1. The van der Waals surface area contributed by atoms with Gasteiger partial charge < -0.3 is 5.73 Å². The molecule has 16 heavy (non-hydrogen) atoms. The van der Waals surface area contributed by atoms with Crippen LogP contribution in [0.3, 0.4) is 0 Å². The summed E-state index contributed by atoms with van der Waals surface area (Å²) in [5.74, 6) is 0.959. The predicted octanol–water partition coefficient (Wildman–Crippen LogP) is 4.64. The van der Waals surface area contributed by atoms with Crippen molar-refractivity contribution in [2.45, 2.75) is 90.0 Å². The quantitative estimate of drug-likeness (QED) is 0.517. The highest BCUT2D eigenvalue weighted by molar-refractivity contribution is 4.87. The molecule has 1 aliphatic rings. The van der Waals surface area contributed by atoms with Gasteiger partial charge in [-0.1, -0.05) is 58.8 Å². The summed E-state index contributed by atoms with van der Waals surface area (Å²) in [6, 6.07) is 0. The minimum Gasteiger partial charge on any atom is -0.325 e. The van der Waals surface area contributed by atoms with Gasteiger partial charge in [-0.15, -0.1) is 0 Å². The van der Waals surface area contributed by atoms with Crippen LogP contribution in [0.15, 0.2) is 0 Å². The van der Waals surface area contributed by atoms with Gasteiger partial charge in [0.05, 0.1) is 0 Å². The van der Waals surface area contributed by atoms with E-state index in [1.54, 1.807) is 0 Å². The largest absolute Gasteiger partial charge is 0.325 e. The van der Waals surface area contributed by atoms with Crippen molar-refractivity contribution in [1.82, 2.24) is 0 Å². The summed E-state index contributed by atoms with van der Waals surface area (Å²) >= 11 is 0. The molecule has 0 aromatic heterocycles. The second-order valence-corrected chi connectivity index (χ2v) is 5.88. The van der Waals surface area contributed by atoms with Crippen molar-refractivity contribution in [3.05, 3.63) is 0 Å². The predicted molar refractivity (Wildman–Crippen MR) is 72.5 cm³/mol. The van der Waals surface area contributed by atoms with Crippen molar-refractivity contribution >= 4 is 0 Å². The fourth-order valence-electron chi connectivity index (χ4n) is 3.07. The van der Waals surface area contributed by atoms with Crippen molar-refractivity contribution < 1.29 is 0 Å². The summed E-state index contributed by atoms with van der Waals surface area (Å²) in [6.45, 7) is 4.60. The Hall–Kier alpha value is -0.0400. The fraction of sp³-hybridized carbons (Fsp3) is 1.00. The minimum atomic E-state index is 0.192. The van der Waals surface area contributed by atoms with E-state index in [0.717, 1.165) is 5.92 Å². The van der Waals surface area contributed by atoms with Crippen LogP contribution in [0, 0.1) is 5.92 Å². The first-order chi connectivity index (χ1) is 7.70. The van der Waals surface area contributed by atoms with Gasteiger partial charge in [-0.05, 0) is 31.6 Å². The minimum absolute atomic E-state index is 0.192. The summed E-state index contributed by atoms with van der Waals surface area (Å²) in [5, 5.41) is 0. The summed E-state index contributed by atoms with van der Waals surface area (Å²) in [5.41, 5.74) is 6.75. The summed E-state index contributed by atoms with van der Waals surface area (Å²) in [6.07, 6.45) is 14.8. The third-order valence-electron chi connectivity index (χ3n) is 4.44. The van der Waals surface area contributed by atoms with Crippen molar-refractivity contribution in [2.24, 2.45) is 11.7 Å². The van der Waals surface area contributed by atoms with Gasteiger partial charge in [0.15, 0.2) is 0 Å². The monoisotopic (exact) mass is 225 g/mol. The molecule has 1 saturated carbocycles. The Morgan fingerprint density at radius 1 is 1.06 bits per heavy atom. The molecule has 0 aromatic rings. The molecule has 0 spiro atoms. The Labute approximate surface area is 102 Å². The Morgan fingerprint density at radius 3 is 2.56 bits per heavy atom. The SMILES string of the molecule is CCCCCCC1(N)CCCC(CC)CC1. The maximum atomic E-state index is 6.56. The maximum Gasteiger partial charge on any atom is 0.0154 e. The van der Waals surface area contributed by atoms with E-state index in [1.165, 1.54) is 70.6 Å². The Morgan fingerprint density at radius 2 is 1.88 bits per heavy atom. The standard InChI is InChI=1S/C15H31N/c1-3-5-6-7-11-15(16)12-8-9-14(4-2)10-13-15/h14H,3-13,16H2,1-2H3. The zero-order chi connectivity index (χ0) is 11.9. The van der Waals surface area contributed by atoms with Gasteiger partial charge in [-0.25, -0.2) is 0 Å². The van der Waals surface area contributed by atoms with Crippen LogP contribution in [-0.2, 0) is 0 Å². The molecule has 2 atom stereocenters. The lowest BCUT2D eigenvalue weighted by Gasteiger charge is -2.28. The molecule has 2 N–H and O–H groups in total. The van der Waals surface area contributed by atoms with Crippen LogP contribution in [-0.4, -0.2) is 5.54 Å². The van der Waals surface area contributed by atoms with E-state index in [1.807, 2.05) is 0 Å². The summed E-state index contributed by atoms with van der Waals surface area (Å²) in [7, 11) is 0. The second kappa shape index (κ2) is 7.32. The van der Waals surface area contributed by atoms with E-state index in [-0.39, 0.29) is 5.54 Å². The van der Waals surface area contributed by atoms with Crippen LogP contribution >= 0.6 is 0 Å². The summed E-state index contributed by atoms with van der Waals surface area (Å²) in [4.78, 5) is 0. The topological polar surface area (TPSA) is 26.0 Å². The van der Waals surface area contributed by atoms with Crippen LogP contribution < -0.4 is 5.73 Å². The number of unbranched alkanes of at least 4 members (excludes halogenated alkanes) is 3. The van der Waals surface area contributed by atoms with Crippen molar-refractivity contribution in [2.75, 3.05) is 0 Å². The van der Waals surface area contributed by atoms with E-state index >= 15 is 0 Å². The molecular weight excluding hydrogens is 194 g/mol. The maximum absolute atomic E-state index is 6.56. The molecule has 1 nitrogen and oxygen atoms in total. The van der Waals surface area contributed by atoms with E-state index < -0.39 is 0 Å². The molecule has 0 amide bonds. The molecule has 1 fully saturated rings. The van der Waals surface area contributed by atoms with Crippen LogP contribution in [0.25, 0.3) is 0 Å². The Bertz CT molecular complexity index is 178. The van der Waals surface area contributed by atoms with Gasteiger partial charge in [0.25, 0.3) is 0 Å². The van der Waals surface area contributed by atoms with E-state index in [2.05, 4.69) is 13.8 Å². The zero-order valence-electron chi connectivity index (χ0n) is 11.4. The lowest BCUT2D eigenvalue weighted by Crippen LogP contribution is -2.39. The Kier molecular flexibility index (Phi) is 6.41. The lowest BCUT2D eigenvalue weighted by atomic mass is 9.85. The van der Waals surface area contributed by atoms with Crippen molar-refractivity contribution in [3.63, 3.8) is 0 Å². The molecule has 0 saturated heterocycles. The third-order valence-corrected chi connectivity index (χ3v) is 4.44. The third kappa shape index (κ3) is 4.86. The van der Waals surface area contributed by atoms with Crippen molar-refractivity contribution in [1.29, 1.82) is 0 Å². The number of rotatable bonds is 6. The number of nitrogens with two attached hydrogens (primary N) is 1. The van der Waals surface area contributed by atoms with E-state index in [0.29, 0.717) is 0 Å².